The van der Waals surface area contributed by atoms with Crippen molar-refractivity contribution < 1.29 is 19.4 Å². The molecule has 0 saturated heterocycles. The second kappa shape index (κ2) is 8.88. The summed E-state index contributed by atoms with van der Waals surface area (Å²) in [7, 11) is 0. The number of ether oxygens (including phenoxy) is 1. The molecule has 4 heteroatoms. The van der Waals surface area contributed by atoms with E-state index in [-0.39, 0.29) is 22.7 Å². The Morgan fingerprint density at radius 1 is 0.771 bits per heavy atom. The Labute approximate surface area is 204 Å². The number of carbonyl (C=O) groups excluding carboxylic acids is 2. The maximum Gasteiger partial charge on any atom is 0.193 e. The zero-order valence-electron chi connectivity index (χ0n) is 19.7. The first-order valence-electron chi connectivity index (χ1n) is 11.8. The van der Waals surface area contributed by atoms with Gasteiger partial charge in [-0.2, -0.15) is 0 Å². The molecule has 0 fully saturated rings. The van der Waals surface area contributed by atoms with Gasteiger partial charge in [-0.15, -0.1) is 0 Å². The minimum atomic E-state index is -0.167. The molecule has 0 saturated carbocycles. The number of phenols is 1. The van der Waals surface area contributed by atoms with E-state index >= 15 is 0 Å². The first-order valence-corrected chi connectivity index (χ1v) is 11.8. The number of hydrogen-bond donors (Lipinski definition) is 1. The number of fused-ring (bicyclic) bond motifs is 1. The normalized spacial score (nSPS) is 16.2. The van der Waals surface area contributed by atoms with E-state index in [1.807, 2.05) is 12.1 Å². The molecule has 0 amide bonds. The van der Waals surface area contributed by atoms with Gasteiger partial charge in [0.15, 0.2) is 11.6 Å². The summed E-state index contributed by atoms with van der Waals surface area (Å²) in [6.07, 6.45) is 2.07. The second-order valence-corrected chi connectivity index (χ2v) is 9.33. The molecule has 1 N–H and O–H groups in total. The summed E-state index contributed by atoms with van der Waals surface area (Å²) >= 11 is 0. The van der Waals surface area contributed by atoms with Crippen LogP contribution in [0.2, 0.25) is 0 Å². The first kappa shape index (κ1) is 22.6. The topological polar surface area (TPSA) is 63.6 Å². The number of benzene rings is 4. The van der Waals surface area contributed by atoms with Gasteiger partial charge in [0.05, 0.1) is 0 Å². The summed E-state index contributed by atoms with van der Waals surface area (Å²) in [5, 5.41) is 9.58. The van der Waals surface area contributed by atoms with E-state index in [1.54, 1.807) is 66.7 Å². The Morgan fingerprint density at radius 2 is 1.40 bits per heavy atom. The van der Waals surface area contributed by atoms with Crippen LogP contribution in [-0.4, -0.2) is 16.7 Å². The van der Waals surface area contributed by atoms with Crippen LogP contribution >= 0.6 is 0 Å². The highest BCUT2D eigenvalue weighted by Crippen LogP contribution is 2.43. The quantitative estimate of drug-likeness (QED) is 0.304. The predicted molar refractivity (Wildman–Crippen MR) is 136 cm³/mol. The van der Waals surface area contributed by atoms with Gasteiger partial charge < -0.3 is 9.84 Å². The van der Waals surface area contributed by atoms with Gasteiger partial charge >= 0.3 is 0 Å². The first-order chi connectivity index (χ1) is 16.9. The molecule has 1 aliphatic carbocycles. The van der Waals surface area contributed by atoms with Crippen molar-refractivity contribution in [2.45, 2.75) is 32.1 Å². The van der Waals surface area contributed by atoms with Crippen LogP contribution in [0.4, 0.5) is 0 Å². The molecule has 0 aliphatic heterocycles. The fraction of sp³-hybridized carbons (Fsp3) is 0.161. The number of aromatic hydroxyl groups is 1. The Morgan fingerprint density at radius 3 is 2.06 bits per heavy atom. The van der Waals surface area contributed by atoms with Crippen LogP contribution in [0.1, 0.15) is 63.2 Å². The van der Waals surface area contributed by atoms with Crippen molar-refractivity contribution in [3.05, 3.63) is 124 Å². The zero-order valence-corrected chi connectivity index (χ0v) is 19.7. The fourth-order valence-electron chi connectivity index (χ4n) is 4.69. The van der Waals surface area contributed by atoms with Crippen molar-refractivity contribution >= 4 is 11.6 Å². The van der Waals surface area contributed by atoms with E-state index in [0.29, 0.717) is 33.8 Å². The van der Waals surface area contributed by atoms with Gasteiger partial charge in [-0.05, 0) is 77.9 Å². The maximum absolute atomic E-state index is 13.2. The van der Waals surface area contributed by atoms with Gasteiger partial charge in [0, 0.05) is 28.3 Å². The summed E-state index contributed by atoms with van der Waals surface area (Å²) in [6.45, 7) is 4.46. The van der Waals surface area contributed by atoms with Crippen LogP contribution in [0, 0.1) is 0 Å². The van der Waals surface area contributed by atoms with Gasteiger partial charge in [0.2, 0.25) is 0 Å². The minimum Gasteiger partial charge on any atom is -0.508 e. The van der Waals surface area contributed by atoms with Crippen molar-refractivity contribution in [3.8, 4) is 17.2 Å². The van der Waals surface area contributed by atoms with Crippen LogP contribution in [0.25, 0.3) is 0 Å². The highest BCUT2D eigenvalue weighted by atomic mass is 16.5. The molecule has 4 aromatic rings. The Bertz CT molecular complexity index is 1430. The van der Waals surface area contributed by atoms with E-state index < -0.39 is 0 Å². The monoisotopic (exact) mass is 462 g/mol. The van der Waals surface area contributed by atoms with E-state index in [4.69, 9.17) is 4.74 Å². The lowest BCUT2D eigenvalue weighted by Gasteiger charge is -2.41. The molecule has 0 spiro atoms. The SMILES string of the molecule is CCC1(C)Cc2cc(C(=O)c3cccc(C(=O)c4ccc(Oc5cccc(O)c5)cc4)c3)ccc21. The molecule has 35 heavy (non-hydrogen) atoms. The van der Waals surface area contributed by atoms with Gasteiger partial charge in [0.1, 0.15) is 17.2 Å². The van der Waals surface area contributed by atoms with E-state index in [2.05, 4.69) is 19.9 Å². The molecule has 0 bridgehead atoms. The lowest BCUT2D eigenvalue weighted by Crippen LogP contribution is -2.35. The lowest BCUT2D eigenvalue weighted by molar-refractivity contribution is 0.103. The van der Waals surface area contributed by atoms with E-state index in [1.165, 1.54) is 17.2 Å². The van der Waals surface area contributed by atoms with Crippen molar-refractivity contribution in [2.75, 3.05) is 0 Å². The van der Waals surface area contributed by atoms with E-state index in [0.717, 1.165) is 12.8 Å². The average Bonchev–Trinajstić information content (AvgIpc) is 2.87. The Balaban J connectivity index is 1.33. The summed E-state index contributed by atoms with van der Waals surface area (Å²) in [4.78, 5) is 26.3. The van der Waals surface area contributed by atoms with Crippen molar-refractivity contribution in [3.63, 3.8) is 0 Å². The van der Waals surface area contributed by atoms with Crippen molar-refractivity contribution in [1.82, 2.24) is 0 Å². The number of carbonyl (C=O) groups is 2. The molecule has 174 valence electrons. The van der Waals surface area contributed by atoms with Crippen LogP contribution in [-0.2, 0) is 11.8 Å². The molecule has 0 radical (unpaired) electrons. The summed E-state index contributed by atoms with van der Waals surface area (Å²) < 4.78 is 5.73. The Hall–Kier alpha value is -4.18. The summed E-state index contributed by atoms with van der Waals surface area (Å²) in [5.74, 6) is 0.927. The summed E-state index contributed by atoms with van der Waals surface area (Å²) in [6, 6.07) is 26.2. The second-order valence-electron chi connectivity index (χ2n) is 9.33. The number of hydrogen-bond acceptors (Lipinski definition) is 4. The number of ketones is 2. The third-order valence-electron chi connectivity index (χ3n) is 6.94. The van der Waals surface area contributed by atoms with Crippen LogP contribution < -0.4 is 4.74 Å². The van der Waals surface area contributed by atoms with Gasteiger partial charge in [0.25, 0.3) is 0 Å². The molecule has 0 heterocycles. The predicted octanol–water partition coefficient (Wildman–Crippen LogP) is 6.87. The van der Waals surface area contributed by atoms with Gasteiger partial charge in [-0.1, -0.05) is 50.2 Å². The molecule has 1 unspecified atom stereocenters. The summed E-state index contributed by atoms with van der Waals surface area (Å²) in [5.41, 5.74) is 4.89. The molecular weight excluding hydrogens is 436 g/mol. The average molecular weight is 463 g/mol. The highest BCUT2D eigenvalue weighted by Gasteiger charge is 2.36. The largest absolute Gasteiger partial charge is 0.508 e. The van der Waals surface area contributed by atoms with Crippen LogP contribution in [0.15, 0.2) is 91.0 Å². The molecule has 4 aromatic carbocycles. The van der Waals surface area contributed by atoms with Crippen molar-refractivity contribution in [2.24, 2.45) is 0 Å². The zero-order chi connectivity index (χ0) is 24.6. The van der Waals surface area contributed by atoms with Crippen LogP contribution in [0.5, 0.6) is 17.2 Å². The number of rotatable bonds is 7. The molecule has 4 nitrogen and oxygen atoms in total. The van der Waals surface area contributed by atoms with E-state index in [9.17, 15) is 14.7 Å². The maximum atomic E-state index is 13.2. The standard InChI is InChI=1S/C31H26O4/c1-3-31(2)19-24-17-23(12-15-28(24)31)30(34)22-7-4-6-21(16-22)29(33)20-10-13-26(14-11-20)35-27-9-5-8-25(32)18-27/h4-18,32H,3,19H2,1-2H3. The van der Waals surface area contributed by atoms with Crippen molar-refractivity contribution in [1.29, 1.82) is 0 Å². The molecule has 5 rings (SSSR count). The fourth-order valence-corrected chi connectivity index (χ4v) is 4.69. The highest BCUT2D eigenvalue weighted by molar-refractivity contribution is 6.13. The lowest BCUT2D eigenvalue weighted by atomic mass is 9.63. The smallest absolute Gasteiger partial charge is 0.193 e. The van der Waals surface area contributed by atoms with Crippen LogP contribution in [0.3, 0.4) is 0 Å². The molecule has 1 aliphatic rings. The van der Waals surface area contributed by atoms with Gasteiger partial charge in [-0.25, -0.2) is 0 Å². The van der Waals surface area contributed by atoms with Gasteiger partial charge in [-0.3, -0.25) is 9.59 Å². The molecule has 1 atom stereocenters. The third-order valence-corrected chi connectivity index (χ3v) is 6.94. The minimum absolute atomic E-state index is 0.0811. The molecule has 0 aromatic heterocycles. The third kappa shape index (κ3) is 4.35. The molecular formula is C31H26O4. The number of phenolic OH excluding ortho intramolecular Hbond substituents is 1. The Kier molecular flexibility index (Phi) is 5.73.